The van der Waals surface area contributed by atoms with Gasteiger partial charge in [-0.2, -0.15) is 0 Å². The monoisotopic (exact) mass is 325 g/mol. The standard InChI is InChI=1S/C20H23NO3/c1-14(22)21(20(23)17-7-4-8-17)12-11-16-6-3-5-15-9-10-18(24-2)13-19(15)16/h3,5-6,9-10,13,17H,4,7-8,11-12H2,1-2H3. The zero-order valence-corrected chi connectivity index (χ0v) is 14.2. The summed E-state index contributed by atoms with van der Waals surface area (Å²) in [6.07, 6.45) is 3.57. The van der Waals surface area contributed by atoms with E-state index in [2.05, 4.69) is 6.07 Å². The molecule has 1 aliphatic rings. The van der Waals surface area contributed by atoms with Gasteiger partial charge in [-0.25, -0.2) is 0 Å². The number of nitrogens with zero attached hydrogens (tertiary/aromatic N) is 1. The number of fused-ring (bicyclic) bond motifs is 1. The van der Waals surface area contributed by atoms with Gasteiger partial charge in [-0.05, 0) is 47.7 Å². The maximum atomic E-state index is 12.4. The highest BCUT2D eigenvalue weighted by molar-refractivity contribution is 5.95. The van der Waals surface area contributed by atoms with E-state index in [-0.39, 0.29) is 17.7 Å². The summed E-state index contributed by atoms with van der Waals surface area (Å²) >= 11 is 0. The molecule has 0 saturated heterocycles. The molecule has 126 valence electrons. The van der Waals surface area contributed by atoms with Crippen LogP contribution in [0.3, 0.4) is 0 Å². The summed E-state index contributed by atoms with van der Waals surface area (Å²) in [4.78, 5) is 25.8. The Balaban J connectivity index is 1.80. The molecule has 1 aliphatic carbocycles. The van der Waals surface area contributed by atoms with Crippen molar-refractivity contribution >= 4 is 22.6 Å². The molecule has 0 aliphatic heterocycles. The zero-order chi connectivity index (χ0) is 17.1. The summed E-state index contributed by atoms with van der Waals surface area (Å²) in [5.41, 5.74) is 1.12. The van der Waals surface area contributed by atoms with Crippen molar-refractivity contribution in [2.75, 3.05) is 13.7 Å². The number of methoxy groups -OCH3 is 1. The number of amides is 2. The minimum Gasteiger partial charge on any atom is -0.497 e. The first kappa shape index (κ1) is 16.5. The number of hydrogen-bond donors (Lipinski definition) is 0. The van der Waals surface area contributed by atoms with E-state index in [1.807, 2.05) is 30.3 Å². The Morgan fingerprint density at radius 1 is 1.21 bits per heavy atom. The first-order valence-electron chi connectivity index (χ1n) is 8.47. The largest absolute Gasteiger partial charge is 0.497 e. The van der Waals surface area contributed by atoms with E-state index < -0.39 is 0 Å². The number of benzene rings is 2. The second-order valence-electron chi connectivity index (χ2n) is 6.39. The topological polar surface area (TPSA) is 46.6 Å². The molecular formula is C20H23NO3. The van der Waals surface area contributed by atoms with E-state index in [4.69, 9.17) is 4.74 Å². The summed E-state index contributed by atoms with van der Waals surface area (Å²) in [6.45, 7) is 1.91. The summed E-state index contributed by atoms with van der Waals surface area (Å²) in [6, 6.07) is 12.1. The van der Waals surface area contributed by atoms with Gasteiger partial charge in [0.15, 0.2) is 0 Å². The third kappa shape index (κ3) is 3.28. The van der Waals surface area contributed by atoms with E-state index in [0.29, 0.717) is 13.0 Å². The minimum atomic E-state index is -0.162. The van der Waals surface area contributed by atoms with Crippen LogP contribution in [0.4, 0.5) is 0 Å². The van der Waals surface area contributed by atoms with Crippen LogP contribution in [-0.4, -0.2) is 30.4 Å². The van der Waals surface area contributed by atoms with Gasteiger partial charge in [0.2, 0.25) is 11.8 Å². The number of hydrogen-bond acceptors (Lipinski definition) is 3. The molecule has 24 heavy (non-hydrogen) atoms. The lowest BCUT2D eigenvalue weighted by molar-refractivity contribution is -0.148. The van der Waals surface area contributed by atoms with E-state index in [1.54, 1.807) is 7.11 Å². The second kappa shape index (κ2) is 7.04. The SMILES string of the molecule is COc1ccc2cccc(CCN(C(C)=O)C(=O)C3CCC3)c2c1. The van der Waals surface area contributed by atoms with Gasteiger partial charge in [0.05, 0.1) is 7.11 Å². The van der Waals surface area contributed by atoms with E-state index in [1.165, 1.54) is 11.8 Å². The second-order valence-corrected chi connectivity index (χ2v) is 6.39. The van der Waals surface area contributed by atoms with E-state index in [9.17, 15) is 9.59 Å². The molecule has 4 nitrogen and oxygen atoms in total. The molecular weight excluding hydrogens is 302 g/mol. The predicted molar refractivity (Wildman–Crippen MR) is 93.9 cm³/mol. The lowest BCUT2D eigenvalue weighted by Gasteiger charge is -2.30. The van der Waals surface area contributed by atoms with Crippen molar-refractivity contribution in [3.8, 4) is 5.75 Å². The molecule has 0 atom stereocenters. The van der Waals surface area contributed by atoms with Gasteiger partial charge in [-0.3, -0.25) is 14.5 Å². The summed E-state index contributed by atoms with van der Waals surface area (Å²) in [5.74, 6) is 0.682. The summed E-state index contributed by atoms with van der Waals surface area (Å²) in [7, 11) is 1.65. The minimum absolute atomic E-state index is 0.00781. The van der Waals surface area contributed by atoms with E-state index >= 15 is 0 Å². The fraction of sp³-hybridized carbons (Fsp3) is 0.400. The molecule has 0 bridgehead atoms. The molecule has 1 fully saturated rings. The molecule has 2 aromatic rings. The summed E-state index contributed by atoms with van der Waals surface area (Å²) in [5, 5.41) is 2.24. The average molecular weight is 325 g/mol. The molecule has 2 amide bonds. The van der Waals surface area contributed by atoms with Crippen molar-refractivity contribution in [2.24, 2.45) is 5.92 Å². The highest BCUT2D eigenvalue weighted by Crippen LogP contribution is 2.29. The van der Waals surface area contributed by atoms with Crippen molar-refractivity contribution in [1.82, 2.24) is 4.90 Å². The third-order valence-corrected chi connectivity index (χ3v) is 4.88. The van der Waals surface area contributed by atoms with Crippen LogP contribution in [-0.2, 0) is 16.0 Å². The summed E-state index contributed by atoms with van der Waals surface area (Å²) < 4.78 is 5.31. The normalized spacial score (nSPS) is 14.2. The first-order chi connectivity index (χ1) is 11.6. The molecule has 0 spiro atoms. The predicted octanol–water partition coefficient (Wildman–Crippen LogP) is 3.57. The van der Waals surface area contributed by atoms with Gasteiger partial charge >= 0.3 is 0 Å². The highest BCUT2D eigenvalue weighted by Gasteiger charge is 2.31. The quantitative estimate of drug-likeness (QED) is 0.844. The number of imide groups is 1. The van der Waals surface area contributed by atoms with Crippen LogP contribution in [0.25, 0.3) is 10.8 Å². The van der Waals surface area contributed by atoms with Crippen molar-refractivity contribution in [1.29, 1.82) is 0 Å². The number of rotatable bonds is 5. The molecule has 0 aromatic heterocycles. The fourth-order valence-electron chi connectivity index (χ4n) is 3.19. The molecule has 0 heterocycles. The lowest BCUT2D eigenvalue weighted by Crippen LogP contribution is -2.42. The molecule has 0 unspecified atom stereocenters. The number of carbonyl (C=O) groups is 2. The molecule has 2 aromatic carbocycles. The highest BCUT2D eigenvalue weighted by atomic mass is 16.5. The third-order valence-electron chi connectivity index (χ3n) is 4.88. The Bertz CT molecular complexity index is 765. The maximum absolute atomic E-state index is 12.4. The molecule has 0 N–H and O–H groups in total. The van der Waals surface area contributed by atoms with Gasteiger partial charge in [-0.15, -0.1) is 0 Å². The van der Waals surface area contributed by atoms with Crippen LogP contribution in [0.15, 0.2) is 36.4 Å². The Morgan fingerprint density at radius 3 is 2.62 bits per heavy atom. The van der Waals surface area contributed by atoms with Crippen LogP contribution < -0.4 is 4.74 Å². The van der Waals surface area contributed by atoms with Gasteiger partial charge in [0.1, 0.15) is 5.75 Å². The van der Waals surface area contributed by atoms with Gasteiger partial charge in [0, 0.05) is 19.4 Å². The Morgan fingerprint density at radius 2 is 2.00 bits per heavy atom. The lowest BCUT2D eigenvalue weighted by atomic mass is 9.84. The van der Waals surface area contributed by atoms with Crippen molar-refractivity contribution in [3.05, 3.63) is 42.0 Å². The van der Waals surface area contributed by atoms with E-state index in [0.717, 1.165) is 41.3 Å². The van der Waals surface area contributed by atoms with Crippen molar-refractivity contribution < 1.29 is 14.3 Å². The fourth-order valence-corrected chi connectivity index (χ4v) is 3.19. The van der Waals surface area contributed by atoms with Crippen LogP contribution in [0.1, 0.15) is 31.7 Å². The van der Waals surface area contributed by atoms with Crippen molar-refractivity contribution in [3.63, 3.8) is 0 Å². The number of ether oxygens (including phenoxy) is 1. The zero-order valence-electron chi connectivity index (χ0n) is 14.2. The average Bonchev–Trinajstić information content (AvgIpc) is 2.52. The van der Waals surface area contributed by atoms with Crippen LogP contribution in [0.2, 0.25) is 0 Å². The maximum Gasteiger partial charge on any atom is 0.232 e. The van der Waals surface area contributed by atoms with Gasteiger partial charge in [-0.1, -0.05) is 30.7 Å². The molecule has 4 heteroatoms. The molecule has 0 radical (unpaired) electrons. The van der Waals surface area contributed by atoms with Gasteiger partial charge < -0.3 is 4.74 Å². The first-order valence-corrected chi connectivity index (χ1v) is 8.47. The van der Waals surface area contributed by atoms with Gasteiger partial charge in [0.25, 0.3) is 0 Å². The Hall–Kier alpha value is -2.36. The molecule has 1 saturated carbocycles. The van der Waals surface area contributed by atoms with Crippen LogP contribution in [0.5, 0.6) is 5.75 Å². The Kier molecular flexibility index (Phi) is 4.84. The van der Waals surface area contributed by atoms with Crippen molar-refractivity contribution in [2.45, 2.75) is 32.6 Å². The van der Waals surface area contributed by atoms with Crippen LogP contribution >= 0.6 is 0 Å². The molecule has 3 rings (SSSR count). The van der Waals surface area contributed by atoms with Crippen LogP contribution in [0, 0.1) is 5.92 Å². The number of carbonyl (C=O) groups excluding carboxylic acids is 2. The smallest absolute Gasteiger partial charge is 0.232 e. The Labute approximate surface area is 142 Å².